The number of hydrogen-bond donors (Lipinski definition) is 3. The topological polar surface area (TPSA) is 86.7 Å². The van der Waals surface area contributed by atoms with Gasteiger partial charge in [-0.25, -0.2) is 0 Å². The Morgan fingerprint density at radius 1 is 0.615 bits per heavy atom. The normalized spacial score (nSPS) is 10.8. The summed E-state index contributed by atoms with van der Waals surface area (Å²) in [6.45, 7) is 0. The van der Waals surface area contributed by atoms with E-state index in [1.165, 1.54) is 0 Å². The fraction of sp³-hybridized carbons (Fsp3) is 0. The van der Waals surface area contributed by atoms with Crippen LogP contribution in [0.1, 0.15) is 0 Å². The van der Waals surface area contributed by atoms with Gasteiger partial charge in [0.2, 0.25) is 0 Å². The smallest absolute Gasteiger partial charge is 0.175 e. The van der Waals surface area contributed by atoms with Crippen molar-refractivity contribution < 1.29 is 19.8 Å². The van der Waals surface area contributed by atoms with Crippen LogP contribution in [0.4, 0.5) is 0 Å². The van der Waals surface area contributed by atoms with Crippen molar-refractivity contribution in [2.75, 3.05) is 0 Å². The average molecular weight is 345 g/mol. The van der Waals surface area contributed by atoms with Crippen molar-refractivity contribution in [3.63, 3.8) is 0 Å². The van der Waals surface area contributed by atoms with Crippen LogP contribution in [0.25, 0.3) is 33.7 Å². The lowest BCUT2D eigenvalue weighted by Crippen LogP contribution is -1.85. The van der Waals surface area contributed by atoms with E-state index in [1.807, 2.05) is 6.07 Å². The second kappa shape index (κ2) is 6.29. The molecule has 0 aliphatic heterocycles. The van der Waals surface area contributed by atoms with Crippen molar-refractivity contribution in [3.05, 3.63) is 72.8 Å². The fourth-order valence-electron chi connectivity index (χ4n) is 2.85. The molecule has 0 atom stereocenters. The third-order valence-electron chi connectivity index (χ3n) is 4.10. The van der Waals surface area contributed by atoms with Crippen LogP contribution < -0.4 is 0 Å². The maximum Gasteiger partial charge on any atom is 0.175 e. The number of nitrogens with zero attached hydrogens (tertiary/aromatic N) is 1. The van der Waals surface area contributed by atoms with E-state index in [2.05, 4.69) is 5.16 Å². The minimum atomic E-state index is 0.127. The van der Waals surface area contributed by atoms with Crippen LogP contribution in [0.15, 0.2) is 77.3 Å². The molecule has 0 aliphatic rings. The summed E-state index contributed by atoms with van der Waals surface area (Å²) in [5.74, 6) is 0.961. The van der Waals surface area contributed by atoms with Crippen LogP contribution in [-0.4, -0.2) is 20.5 Å². The second-order valence-corrected chi connectivity index (χ2v) is 5.88. The zero-order chi connectivity index (χ0) is 18.1. The number of aromatic nitrogens is 1. The third-order valence-corrected chi connectivity index (χ3v) is 4.10. The maximum absolute atomic E-state index is 9.80. The predicted octanol–water partition coefficient (Wildman–Crippen LogP) is 4.79. The Hall–Kier alpha value is -3.73. The van der Waals surface area contributed by atoms with Gasteiger partial charge in [0.25, 0.3) is 0 Å². The van der Waals surface area contributed by atoms with Crippen LogP contribution >= 0.6 is 0 Å². The van der Waals surface area contributed by atoms with Gasteiger partial charge in [0.1, 0.15) is 22.9 Å². The van der Waals surface area contributed by atoms with Crippen molar-refractivity contribution in [2.45, 2.75) is 0 Å². The quantitative estimate of drug-likeness (QED) is 0.497. The molecular formula is C21H15NO4. The highest BCUT2D eigenvalue weighted by atomic mass is 16.5. The Labute approximate surface area is 149 Å². The number of phenols is 3. The van der Waals surface area contributed by atoms with Crippen LogP contribution in [0.3, 0.4) is 0 Å². The lowest BCUT2D eigenvalue weighted by Gasteiger charge is -2.06. The molecule has 3 aromatic carbocycles. The minimum absolute atomic E-state index is 0.127. The molecule has 5 nitrogen and oxygen atoms in total. The van der Waals surface area contributed by atoms with Crippen molar-refractivity contribution in [1.82, 2.24) is 5.16 Å². The van der Waals surface area contributed by atoms with Gasteiger partial charge in [-0.2, -0.15) is 0 Å². The molecule has 3 N–H and O–H groups in total. The van der Waals surface area contributed by atoms with Gasteiger partial charge in [-0.15, -0.1) is 0 Å². The van der Waals surface area contributed by atoms with Gasteiger partial charge in [-0.3, -0.25) is 0 Å². The van der Waals surface area contributed by atoms with Gasteiger partial charge in [0, 0.05) is 11.1 Å². The molecule has 26 heavy (non-hydrogen) atoms. The number of hydrogen-bond acceptors (Lipinski definition) is 5. The Bertz CT molecular complexity index is 1050. The highest BCUT2D eigenvalue weighted by molar-refractivity contribution is 5.90. The Morgan fingerprint density at radius 2 is 1.23 bits per heavy atom. The van der Waals surface area contributed by atoms with Crippen molar-refractivity contribution in [2.24, 2.45) is 0 Å². The van der Waals surface area contributed by atoms with E-state index in [1.54, 1.807) is 66.7 Å². The first-order chi connectivity index (χ1) is 12.6. The van der Waals surface area contributed by atoms with Gasteiger partial charge in [-0.1, -0.05) is 29.4 Å². The number of phenolic OH excluding ortho intramolecular Hbond substituents is 3. The summed E-state index contributed by atoms with van der Waals surface area (Å²) >= 11 is 0. The number of rotatable bonds is 3. The molecule has 0 radical (unpaired) electrons. The second-order valence-electron chi connectivity index (χ2n) is 5.88. The summed E-state index contributed by atoms with van der Waals surface area (Å²) in [6.07, 6.45) is 0. The zero-order valence-corrected chi connectivity index (χ0v) is 13.6. The summed E-state index contributed by atoms with van der Waals surface area (Å²) in [4.78, 5) is 0. The minimum Gasteiger partial charge on any atom is -0.508 e. The molecule has 5 heteroatoms. The average Bonchev–Trinajstić information content (AvgIpc) is 3.08. The molecule has 0 unspecified atom stereocenters. The fourth-order valence-corrected chi connectivity index (χ4v) is 2.85. The molecule has 0 saturated heterocycles. The summed E-state index contributed by atoms with van der Waals surface area (Å²) in [7, 11) is 0. The highest BCUT2D eigenvalue weighted by Crippen LogP contribution is 2.41. The number of aromatic hydroxyl groups is 3. The molecule has 4 aromatic rings. The molecule has 128 valence electrons. The van der Waals surface area contributed by atoms with Gasteiger partial charge in [0.15, 0.2) is 5.76 Å². The number of benzene rings is 3. The van der Waals surface area contributed by atoms with E-state index in [-0.39, 0.29) is 17.2 Å². The lowest BCUT2D eigenvalue weighted by atomic mass is 9.96. The Morgan fingerprint density at radius 3 is 1.85 bits per heavy atom. The SMILES string of the molecule is Oc1ccc(-c2noc(-c3cccc(O)c3)c2-c2ccc(O)cc2)cc1. The van der Waals surface area contributed by atoms with Crippen LogP contribution in [-0.2, 0) is 0 Å². The van der Waals surface area contributed by atoms with Crippen LogP contribution in [0.2, 0.25) is 0 Å². The summed E-state index contributed by atoms with van der Waals surface area (Å²) < 4.78 is 5.62. The van der Waals surface area contributed by atoms with Crippen molar-refractivity contribution >= 4 is 0 Å². The monoisotopic (exact) mass is 345 g/mol. The van der Waals surface area contributed by atoms with E-state index < -0.39 is 0 Å². The van der Waals surface area contributed by atoms with Gasteiger partial charge >= 0.3 is 0 Å². The lowest BCUT2D eigenvalue weighted by molar-refractivity contribution is 0.434. The summed E-state index contributed by atoms with van der Waals surface area (Å²) in [6, 6.07) is 20.1. The van der Waals surface area contributed by atoms with Gasteiger partial charge < -0.3 is 19.8 Å². The van der Waals surface area contributed by atoms with Crippen LogP contribution in [0.5, 0.6) is 17.2 Å². The van der Waals surface area contributed by atoms with E-state index in [4.69, 9.17) is 4.52 Å². The highest BCUT2D eigenvalue weighted by Gasteiger charge is 2.21. The standard InChI is InChI=1S/C21H15NO4/c23-16-8-4-13(5-9-16)19-20(14-6-10-17(24)11-7-14)22-26-21(19)15-2-1-3-18(25)12-15/h1-12,23-25H. The molecule has 1 heterocycles. The Kier molecular flexibility index (Phi) is 3.82. The third kappa shape index (κ3) is 2.86. The molecule has 1 aromatic heterocycles. The molecule has 0 amide bonds. The molecule has 0 spiro atoms. The first-order valence-electron chi connectivity index (χ1n) is 8.00. The summed E-state index contributed by atoms with van der Waals surface area (Å²) in [5.41, 5.74) is 3.62. The first-order valence-corrected chi connectivity index (χ1v) is 8.00. The van der Waals surface area contributed by atoms with Gasteiger partial charge in [-0.05, 0) is 54.1 Å². The van der Waals surface area contributed by atoms with E-state index in [0.717, 1.165) is 16.7 Å². The molecular weight excluding hydrogens is 330 g/mol. The molecule has 0 saturated carbocycles. The molecule has 4 rings (SSSR count). The van der Waals surface area contributed by atoms with E-state index in [0.29, 0.717) is 17.0 Å². The molecule has 0 bridgehead atoms. The first kappa shape index (κ1) is 15.8. The van der Waals surface area contributed by atoms with Crippen LogP contribution in [0, 0.1) is 0 Å². The van der Waals surface area contributed by atoms with Crippen molar-refractivity contribution in [3.8, 4) is 51.0 Å². The zero-order valence-electron chi connectivity index (χ0n) is 13.6. The van der Waals surface area contributed by atoms with E-state index >= 15 is 0 Å². The largest absolute Gasteiger partial charge is 0.508 e. The predicted molar refractivity (Wildman–Crippen MR) is 97.8 cm³/mol. The maximum atomic E-state index is 9.80. The molecule has 0 aliphatic carbocycles. The van der Waals surface area contributed by atoms with E-state index in [9.17, 15) is 15.3 Å². The molecule has 0 fully saturated rings. The van der Waals surface area contributed by atoms with Crippen molar-refractivity contribution in [1.29, 1.82) is 0 Å². The van der Waals surface area contributed by atoms with Gasteiger partial charge in [0.05, 0.1) is 5.56 Å². The summed E-state index contributed by atoms with van der Waals surface area (Å²) in [5, 5.41) is 33.2. The Balaban J connectivity index is 1.95.